The summed E-state index contributed by atoms with van der Waals surface area (Å²) in [6, 6.07) is 21.3. The number of carbonyl (C=O) groups is 2. The third-order valence-corrected chi connectivity index (χ3v) is 6.09. The summed E-state index contributed by atoms with van der Waals surface area (Å²) in [4.78, 5) is 27.7. The molecular weight excluding hydrogens is 418 g/mol. The van der Waals surface area contributed by atoms with Gasteiger partial charge in [-0.25, -0.2) is 14.3 Å². The molecule has 1 saturated carbocycles. The Morgan fingerprint density at radius 2 is 1.70 bits per heavy atom. The molecule has 5 rings (SSSR count). The van der Waals surface area contributed by atoms with Crippen molar-refractivity contribution in [1.29, 1.82) is 0 Å². The van der Waals surface area contributed by atoms with E-state index in [9.17, 15) is 14.7 Å². The minimum atomic E-state index is -1.01. The molecule has 166 valence electrons. The van der Waals surface area contributed by atoms with Gasteiger partial charge in [-0.2, -0.15) is 0 Å². The molecule has 2 heterocycles. The van der Waals surface area contributed by atoms with Gasteiger partial charge in [0.2, 0.25) is 5.91 Å². The van der Waals surface area contributed by atoms with Gasteiger partial charge in [0.15, 0.2) is 11.5 Å². The summed E-state index contributed by atoms with van der Waals surface area (Å²) >= 11 is 0. The Hall–Kier alpha value is -4.20. The number of carboxylic acid groups (broad SMARTS) is 1. The van der Waals surface area contributed by atoms with Crippen molar-refractivity contribution in [3.05, 3.63) is 72.3 Å². The first-order chi connectivity index (χ1) is 15.9. The topological polar surface area (TPSA) is 109 Å². The third kappa shape index (κ3) is 3.80. The van der Waals surface area contributed by atoms with Crippen molar-refractivity contribution in [2.75, 3.05) is 5.32 Å². The monoisotopic (exact) mass is 441 g/mol. The molecule has 1 aliphatic rings. The standard InChI is InChI=1S/C25H23N5O3/c1-16(31)26-20-12-13-21-27-22(23(30(21)29-20)18-6-3-2-4-7-18)17-8-10-19(11-9-17)25(14-5-15-25)28-24(32)33/h2-4,6-13,28H,5,14-15H2,1H3,(H,32,33)(H,26,29,31). The highest BCUT2D eigenvalue weighted by Crippen LogP contribution is 2.42. The fourth-order valence-corrected chi connectivity index (χ4v) is 4.40. The summed E-state index contributed by atoms with van der Waals surface area (Å²) in [5.41, 5.74) is 4.51. The summed E-state index contributed by atoms with van der Waals surface area (Å²) in [6.07, 6.45) is 1.57. The predicted octanol–water partition coefficient (Wildman–Crippen LogP) is 4.67. The molecule has 0 bridgehead atoms. The average Bonchev–Trinajstić information content (AvgIpc) is 3.15. The van der Waals surface area contributed by atoms with E-state index in [1.807, 2.05) is 60.7 Å². The van der Waals surface area contributed by atoms with E-state index in [1.54, 1.807) is 10.6 Å². The number of fused-ring (bicyclic) bond motifs is 1. The van der Waals surface area contributed by atoms with E-state index in [0.29, 0.717) is 11.5 Å². The second-order valence-corrected chi connectivity index (χ2v) is 8.29. The number of rotatable bonds is 5. The highest BCUT2D eigenvalue weighted by Gasteiger charge is 2.40. The number of benzene rings is 2. The maximum absolute atomic E-state index is 11.5. The van der Waals surface area contributed by atoms with Crippen molar-refractivity contribution in [2.45, 2.75) is 31.7 Å². The molecule has 4 aromatic rings. The maximum atomic E-state index is 11.5. The summed E-state index contributed by atoms with van der Waals surface area (Å²) in [7, 11) is 0. The van der Waals surface area contributed by atoms with Crippen LogP contribution in [-0.4, -0.2) is 31.7 Å². The van der Waals surface area contributed by atoms with Gasteiger partial charge < -0.3 is 15.7 Å². The van der Waals surface area contributed by atoms with Crippen molar-refractivity contribution >= 4 is 23.5 Å². The predicted molar refractivity (Wildman–Crippen MR) is 125 cm³/mol. The molecular formula is C25H23N5O3. The Kier molecular flexibility index (Phi) is 5.05. The number of anilines is 1. The van der Waals surface area contributed by atoms with Crippen LogP contribution in [0.5, 0.6) is 0 Å². The molecule has 3 N–H and O–H groups in total. The van der Waals surface area contributed by atoms with Crippen LogP contribution in [-0.2, 0) is 10.3 Å². The summed E-state index contributed by atoms with van der Waals surface area (Å²) in [6.45, 7) is 1.44. The van der Waals surface area contributed by atoms with Crippen LogP contribution in [0.1, 0.15) is 31.7 Å². The zero-order valence-electron chi connectivity index (χ0n) is 18.1. The van der Waals surface area contributed by atoms with E-state index in [2.05, 4.69) is 15.7 Å². The molecule has 2 amide bonds. The van der Waals surface area contributed by atoms with E-state index >= 15 is 0 Å². The Balaban J connectivity index is 1.62. The minimum Gasteiger partial charge on any atom is -0.465 e. The quantitative estimate of drug-likeness (QED) is 0.417. The van der Waals surface area contributed by atoms with Gasteiger partial charge in [-0.05, 0) is 37.0 Å². The molecule has 1 fully saturated rings. The Labute approximate surface area is 190 Å². The van der Waals surface area contributed by atoms with E-state index in [1.165, 1.54) is 6.92 Å². The smallest absolute Gasteiger partial charge is 0.405 e. The van der Waals surface area contributed by atoms with Crippen molar-refractivity contribution in [3.8, 4) is 22.5 Å². The molecule has 0 unspecified atom stereocenters. The van der Waals surface area contributed by atoms with Crippen molar-refractivity contribution in [2.24, 2.45) is 0 Å². The molecule has 2 aromatic carbocycles. The molecule has 0 radical (unpaired) electrons. The van der Waals surface area contributed by atoms with E-state index in [4.69, 9.17) is 4.98 Å². The van der Waals surface area contributed by atoms with Gasteiger partial charge >= 0.3 is 6.09 Å². The second kappa shape index (κ2) is 8.05. The van der Waals surface area contributed by atoms with Crippen LogP contribution in [0.25, 0.3) is 28.2 Å². The zero-order chi connectivity index (χ0) is 23.0. The average molecular weight is 441 g/mol. The van der Waals surface area contributed by atoms with Gasteiger partial charge in [-0.15, -0.1) is 5.10 Å². The zero-order valence-corrected chi connectivity index (χ0v) is 18.1. The first-order valence-corrected chi connectivity index (χ1v) is 10.8. The molecule has 0 atom stereocenters. The summed E-state index contributed by atoms with van der Waals surface area (Å²) in [5, 5.41) is 19.3. The SMILES string of the molecule is CC(=O)Nc1ccc2nc(-c3ccc(C4(NC(=O)O)CCC4)cc3)c(-c3ccccc3)n2n1. The van der Waals surface area contributed by atoms with Crippen molar-refractivity contribution in [1.82, 2.24) is 19.9 Å². The number of aromatic nitrogens is 3. The van der Waals surface area contributed by atoms with Gasteiger partial charge in [-0.3, -0.25) is 4.79 Å². The number of carbonyl (C=O) groups excluding carboxylic acids is 1. The fraction of sp³-hybridized carbons (Fsp3) is 0.200. The first-order valence-electron chi connectivity index (χ1n) is 10.8. The van der Waals surface area contributed by atoms with Crippen LogP contribution in [0.3, 0.4) is 0 Å². The number of imidazole rings is 1. The van der Waals surface area contributed by atoms with Gasteiger partial charge in [0.1, 0.15) is 5.69 Å². The minimum absolute atomic E-state index is 0.195. The molecule has 8 nitrogen and oxygen atoms in total. The number of hydrogen-bond donors (Lipinski definition) is 3. The lowest BCUT2D eigenvalue weighted by Crippen LogP contribution is -2.50. The maximum Gasteiger partial charge on any atom is 0.405 e. The van der Waals surface area contributed by atoms with Crippen LogP contribution >= 0.6 is 0 Å². The summed E-state index contributed by atoms with van der Waals surface area (Å²) < 4.78 is 1.74. The molecule has 1 aliphatic carbocycles. The van der Waals surface area contributed by atoms with Gasteiger partial charge in [0.05, 0.1) is 11.2 Å². The Morgan fingerprint density at radius 1 is 0.970 bits per heavy atom. The number of nitrogens with one attached hydrogen (secondary N) is 2. The second-order valence-electron chi connectivity index (χ2n) is 8.29. The molecule has 0 saturated heterocycles. The Morgan fingerprint density at radius 3 is 2.30 bits per heavy atom. The number of hydrogen-bond acceptors (Lipinski definition) is 4. The molecule has 33 heavy (non-hydrogen) atoms. The summed E-state index contributed by atoms with van der Waals surface area (Å²) in [5.74, 6) is 0.247. The van der Waals surface area contributed by atoms with Gasteiger partial charge in [0.25, 0.3) is 0 Å². The van der Waals surface area contributed by atoms with Crippen molar-refractivity contribution in [3.63, 3.8) is 0 Å². The van der Waals surface area contributed by atoms with E-state index < -0.39 is 11.6 Å². The van der Waals surface area contributed by atoms with Gasteiger partial charge in [0, 0.05) is 18.1 Å². The molecule has 8 heteroatoms. The molecule has 0 aliphatic heterocycles. The molecule has 2 aromatic heterocycles. The normalized spacial score (nSPS) is 14.5. The lowest BCUT2D eigenvalue weighted by molar-refractivity contribution is -0.114. The van der Waals surface area contributed by atoms with Crippen LogP contribution in [0.2, 0.25) is 0 Å². The number of amides is 2. The van der Waals surface area contributed by atoms with Crippen LogP contribution < -0.4 is 10.6 Å². The number of nitrogens with zero attached hydrogens (tertiary/aromatic N) is 3. The fourth-order valence-electron chi connectivity index (χ4n) is 4.40. The van der Waals surface area contributed by atoms with Crippen LogP contribution in [0.4, 0.5) is 10.6 Å². The van der Waals surface area contributed by atoms with E-state index in [0.717, 1.165) is 47.3 Å². The Bertz CT molecular complexity index is 1340. The highest BCUT2D eigenvalue weighted by molar-refractivity contribution is 5.88. The third-order valence-electron chi connectivity index (χ3n) is 6.09. The lowest BCUT2D eigenvalue weighted by Gasteiger charge is -2.42. The first kappa shape index (κ1) is 20.7. The van der Waals surface area contributed by atoms with Crippen molar-refractivity contribution < 1.29 is 14.7 Å². The van der Waals surface area contributed by atoms with Crippen LogP contribution in [0, 0.1) is 0 Å². The van der Waals surface area contributed by atoms with Gasteiger partial charge in [-0.1, -0.05) is 54.6 Å². The lowest BCUT2D eigenvalue weighted by atomic mass is 9.72. The van der Waals surface area contributed by atoms with Crippen LogP contribution in [0.15, 0.2) is 66.7 Å². The molecule has 0 spiro atoms. The highest BCUT2D eigenvalue weighted by atomic mass is 16.4. The van der Waals surface area contributed by atoms with E-state index in [-0.39, 0.29) is 5.91 Å². The largest absolute Gasteiger partial charge is 0.465 e.